The lowest BCUT2D eigenvalue weighted by Gasteiger charge is -2.23. The van der Waals surface area contributed by atoms with Gasteiger partial charge < -0.3 is 10.1 Å². The highest BCUT2D eigenvalue weighted by molar-refractivity contribution is 5.69. The van der Waals surface area contributed by atoms with Crippen molar-refractivity contribution in [3.63, 3.8) is 0 Å². The first-order chi connectivity index (χ1) is 11.8. The van der Waals surface area contributed by atoms with Crippen molar-refractivity contribution in [1.82, 2.24) is 14.9 Å². The van der Waals surface area contributed by atoms with E-state index in [1.54, 1.807) is 29.3 Å². The average molecular weight is 337 g/mol. The zero-order valence-electron chi connectivity index (χ0n) is 14.4. The number of carbonyl (C=O) groups is 1. The molecule has 0 spiro atoms. The maximum atomic E-state index is 12.2. The second kappa shape index (κ2) is 6.40. The third-order valence-corrected chi connectivity index (χ3v) is 3.56. The second-order valence-corrected chi connectivity index (χ2v) is 6.82. The number of benzene rings is 1. The fourth-order valence-electron chi connectivity index (χ4n) is 2.46. The zero-order valence-corrected chi connectivity index (χ0v) is 14.4. The Kier molecular flexibility index (Phi) is 4.28. The molecule has 1 aliphatic heterocycles. The number of nitrogens with zero attached hydrogens (tertiary/aromatic N) is 4. The summed E-state index contributed by atoms with van der Waals surface area (Å²) >= 11 is 0. The minimum Gasteiger partial charge on any atom is -0.444 e. The predicted octanol–water partition coefficient (Wildman–Crippen LogP) is 3.34. The van der Waals surface area contributed by atoms with Crippen LogP contribution in [0.4, 0.5) is 16.4 Å². The van der Waals surface area contributed by atoms with Crippen molar-refractivity contribution in [3.05, 3.63) is 47.3 Å². The molecule has 1 amide bonds. The van der Waals surface area contributed by atoms with E-state index in [0.29, 0.717) is 24.6 Å². The first kappa shape index (κ1) is 16.7. The van der Waals surface area contributed by atoms with Gasteiger partial charge >= 0.3 is 6.09 Å². The fraction of sp³-hybridized carbons (Fsp3) is 0.333. The molecule has 0 atom stereocenters. The fourth-order valence-corrected chi connectivity index (χ4v) is 2.46. The summed E-state index contributed by atoms with van der Waals surface area (Å²) in [6.45, 7) is 6.34. The number of carbonyl (C=O) groups excluding carboxylic acids is 1. The highest BCUT2D eigenvalue weighted by Gasteiger charge is 2.29. The number of anilines is 2. The van der Waals surface area contributed by atoms with Crippen LogP contribution < -0.4 is 5.32 Å². The van der Waals surface area contributed by atoms with E-state index in [0.717, 1.165) is 16.9 Å². The van der Waals surface area contributed by atoms with Crippen molar-refractivity contribution < 1.29 is 9.53 Å². The lowest BCUT2D eigenvalue weighted by atomic mass is 10.2. The normalized spacial score (nSPS) is 13.1. The van der Waals surface area contributed by atoms with Gasteiger partial charge in [-0.05, 0) is 39.0 Å². The van der Waals surface area contributed by atoms with Crippen LogP contribution in [0.1, 0.15) is 37.6 Å². The van der Waals surface area contributed by atoms with Crippen LogP contribution in [0.5, 0.6) is 0 Å². The molecule has 1 N–H and O–H groups in total. The Balaban J connectivity index is 1.72. The van der Waals surface area contributed by atoms with E-state index in [1.807, 2.05) is 26.8 Å². The summed E-state index contributed by atoms with van der Waals surface area (Å²) in [7, 11) is 0. The first-order valence-corrected chi connectivity index (χ1v) is 7.94. The van der Waals surface area contributed by atoms with Gasteiger partial charge in [-0.2, -0.15) is 5.26 Å². The minimum atomic E-state index is -0.532. The Labute approximate surface area is 146 Å². The molecule has 0 saturated heterocycles. The van der Waals surface area contributed by atoms with Crippen LogP contribution in [0.25, 0.3) is 0 Å². The molecule has 2 aromatic rings. The Bertz CT molecular complexity index is 851. The van der Waals surface area contributed by atoms with Crippen LogP contribution in [-0.4, -0.2) is 26.6 Å². The molecular formula is C18H19N5O2. The number of nitriles is 1. The summed E-state index contributed by atoms with van der Waals surface area (Å²) in [5.74, 6) is 0.430. The van der Waals surface area contributed by atoms with Gasteiger partial charge in [-0.1, -0.05) is 6.07 Å². The van der Waals surface area contributed by atoms with Crippen LogP contribution in [0, 0.1) is 11.3 Å². The van der Waals surface area contributed by atoms with Crippen molar-refractivity contribution in [2.75, 3.05) is 5.32 Å². The Morgan fingerprint density at radius 3 is 2.88 bits per heavy atom. The summed E-state index contributed by atoms with van der Waals surface area (Å²) in [5.41, 5.74) is 2.46. The lowest BCUT2D eigenvalue weighted by molar-refractivity contribution is 0.0240. The molecule has 0 unspecified atom stereocenters. The van der Waals surface area contributed by atoms with Crippen LogP contribution in [0.15, 0.2) is 30.5 Å². The molecule has 1 aromatic carbocycles. The zero-order chi connectivity index (χ0) is 18.0. The largest absolute Gasteiger partial charge is 0.444 e. The number of hydrogen-bond donors (Lipinski definition) is 1. The molecule has 128 valence electrons. The number of ether oxygens (including phenoxy) is 1. The van der Waals surface area contributed by atoms with Crippen molar-refractivity contribution in [2.45, 2.75) is 39.5 Å². The van der Waals surface area contributed by atoms with Gasteiger partial charge in [0.15, 0.2) is 0 Å². The summed E-state index contributed by atoms with van der Waals surface area (Å²) < 4.78 is 5.40. The number of amides is 1. The van der Waals surface area contributed by atoms with E-state index in [1.165, 1.54) is 0 Å². The summed E-state index contributed by atoms with van der Waals surface area (Å²) in [6.07, 6.45) is 1.35. The van der Waals surface area contributed by atoms with Gasteiger partial charge in [0.25, 0.3) is 0 Å². The monoisotopic (exact) mass is 337 g/mol. The van der Waals surface area contributed by atoms with Crippen molar-refractivity contribution in [1.29, 1.82) is 5.26 Å². The molecule has 1 aromatic heterocycles. The number of rotatable bonds is 2. The Morgan fingerprint density at radius 2 is 2.16 bits per heavy atom. The summed E-state index contributed by atoms with van der Waals surface area (Å²) in [6, 6.07) is 9.18. The van der Waals surface area contributed by atoms with E-state index in [9.17, 15) is 4.79 Å². The van der Waals surface area contributed by atoms with Gasteiger partial charge in [0.05, 0.1) is 30.4 Å². The average Bonchev–Trinajstić information content (AvgIpc) is 2.97. The highest BCUT2D eigenvalue weighted by Crippen LogP contribution is 2.24. The first-order valence-electron chi connectivity index (χ1n) is 7.94. The minimum absolute atomic E-state index is 0.360. The molecule has 25 heavy (non-hydrogen) atoms. The number of fused-ring (bicyclic) bond motifs is 1. The molecule has 7 nitrogen and oxygen atoms in total. The van der Waals surface area contributed by atoms with Gasteiger partial charge in [-0.15, -0.1) is 0 Å². The molecule has 0 saturated carbocycles. The molecule has 0 aliphatic carbocycles. The van der Waals surface area contributed by atoms with Gasteiger partial charge in [0.1, 0.15) is 5.60 Å². The summed E-state index contributed by atoms with van der Waals surface area (Å²) in [5, 5.41) is 12.0. The Morgan fingerprint density at radius 1 is 1.36 bits per heavy atom. The smallest absolute Gasteiger partial charge is 0.410 e. The lowest BCUT2D eigenvalue weighted by Crippen LogP contribution is -2.33. The maximum absolute atomic E-state index is 12.2. The van der Waals surface area contributed by atoms with Gasteiger partial charge in [-0.25, -0.2) is 14.8 Å². The number of hydrogen-bond acceptors (Lipinski definition) is 6. The van der Waals surface area contributed by atoms with Crippen LogP contribution in [0.3, 0.4) is 0 Å². The number of nitrogens with one attached hydrogen (secondary N) is 1. The van der Waals surface area contributed by atoms with Gasteiger partial charge in [0, 0.05) is 17.4 Å². The van der Waals surface area contributed by atoms with E-state index >= 15 is 0 Å². The molecule has 3 rings (SSSR count). The molecule has 7 heteroatoms. The topological polar surface area (TPSA) is 91.1 Å². The molecule has 0 bridgehead atoms. The SMILES string of the molecule is CC(C)(C)OC(=O)N1Cc2cnc(Nc3cccc(C#N)c3)nc2C1. The van der Waals surface area contributed by atoms with E-state index < -0.39 is 5.60 Å². The van der Waals surface area contributed by atoms with Crippen LogP contribution in [-0.2, 0) is 17.8 Å². The quantitative estimate of drug-likeness (QED) is 0.903. The van der Waals surface area contributed by atoms with E-state index in [2.05, 4.69) is 21.4 Å². The molecule has 2 heterocycles. The van der Waals surface area contributed by atoms with Crippen molar-refractivity contribution in [2.24, 2.45) is 0 Å². The van der Waals surface area contributed by atoms with Crippen LogP contribution in [0.2, 0.25) is 0 Å². The van der Waals surface area contributed by atoms with Crippen molar-refractivity contribution in [3.8, 4) is 6.07 Å². The molecule has 1 aliphatic rings. The van der Waals surface area contributed by atoms with E-state index in [-0.39, 0.29) is 6.09 Å². The standard InChI is InChI=1S/C18H19N5O2/c1-18(2,3)25-17(24)23-10-13-9-20-16(22-15(13)11-23)21-14-6-4-5-12(7-14)8-19/h4-7,9H,10-11H2,1-3H3,(H,20,21,22). The summed E-state index contributed by atoms with van der Waals surface area (Å²) in [4.78, 5) is 22.6. The van der Waals surface area contributed by atoms with Crippen LogP contribution >= 0.6 is 0 Å². The molecule has 0 radical (unpaired) electrons. The molecule has 0 fully saturated rings. The third kappa shape index (κ3) is 4.04. The van der Waals surface area contributed by atoms with E-state index in [4.69, 9.17) is 10.00 Å². The Hall–Kier alpha value is -3.14. The number of aromatic nitrogens is 2. The van der Waals surface area contributed by atoms with Gasteiger partial charge in [-0.3, -0.25) is 4.90 Å². The van der Waals surface area contributed by atoms with Crippen molar-refractivity contribution >= 4 is 17.7 Å². The highest BCUT2D eigenvalue weighted by atomic mass is 16.6. The molecular weight excluding hydrogens is 318 g/mol. The van der Waals surface area contributed by atoms with Gasteiger partial charge in [0.2, 0.25) is 5.95 Å². The third-order valence-electron chi connectivity index (χ3n) is 3.56. The maximum Gasteiger partial charge on any atom is 0.410 e. The second-order valence-electron chi connectivity index (χ2n) is 6.82. The predicted molar refractivity (Wildman–Crippen MR) is 92.0 cm³/mol.